The average Bonchev–Trinajstić information content (AvgIpc) is 2.64. The van der Waals surface area contributed by atoms with Crippen LogP contribution in [0.2, 0.25) is 0 Å². The summed E-state index contributed by atoms with van der Waals surface area (Å²) < 4.78 is 1.88. The van der Waals surface area contributed by atoms with E-state index in [0.29, 0.717) is 6.54 Å². The topological polar surface area (TPSA) is 69.6 Å². The van der Waals surface area contributed by atoms with Crippen LogP contribution in [0.3, 0.4) is 0 Å². The summed E-state index contributed by atoms with van der Waals surface area (Å²) in [5.74, 6) is 0. The first-order valence-corrected chi connectivity index (χ1v) is 6.12. The lowest BCUT2D eigenvalue weighted by atomic mass is 10.2. The molecule has 2 rings (SSSR count). The molecular formula is C11H15N5S. The lowest BCUT2D eigenvalue weighted by molar-refractivity contribution is 0.787. The third kappa shape index (κ3) is 2.48. The van der Waals surface area contributed by atoms with Gasteiger partial charge in [0.2, 0.25) is 0 Å². The summed E-state index contributed by atoms with van der Waals surface area (Å²) in [4.78, 5) is 5.53. The Hall–Kier alpha value is -1.40. The van der Waals surface area contributed by atoms with Crippen LogP contribution in [-0.2, 0) is 13.6 Å². The molecule has 0 aliphatic rings. The number of hydrogen-bond donors (Lipinski definition) is 1. The fraction of sp³-hybridized carbons (Fsp3) is 0.364. The molecule has 2 aromatic heterocycles. The van der Waals surface area contributed by atoms with Gasteiger partial charge in [-0.1, -0.05) is 0 Å². The van der Waals surface area contributed by atoms with Gasteiger partial charge in [0.1, 0.15) is 6.33 Å². The molecule has 0 fully saturated rings. The van der Waals surface area contributed by atoms with Crippen molar-refractivity contribution in [2.45, 2.75) is 30.4 Å². The van der Waals surface area contributed by atoms with Gasteiger partial charge in [-0.15, -0.1) is 10.2 Å². The highest BCUT2D eigenvalue weighted by Crippen LogP contribution is 2.30. The van der Waals surface area contributed by atoms with Crippen LogP contribution < -0.4 is 5.73 Å². The zero-order valence-corrected chi connectivity index (χ0v) is 11.0. The Kier molecular flexibility index (Phi) is 3.44. The van der Waals surface area contributed by atoms with Gasteiger partial charge < -0.3 is 10.3 Å². The molecule has 2 aromatic rings. The van der Waals surface area contributed by atoms with E-state index in [0.717, 1.165) is 27.0 Å². The lowest BCUT2D eigenvalue weighted by Crippen LogP contribution is -2.04. The Morgan fingerprint density at radius 2 is 2.18 bits per heavy atom. The van der Waals surface area contributed by atoms with Crippen molar-refractivity contribution in [2.24, 2.45) is 12.8 Å². The molecule has 0 atom stereocenters. The van der Waals surface area contributed by atoms with Crippen LogP contribution in [0.1, 0.15) is 17.0 Å². The Morgan fingerprint density at radius 1 is 1.41 bits per heavy atom. The maximum atomic E-state index is 5.77. The molecule has 0 aliphatic carbocycles. The van der Waals surface area contributed by atoms with Crippen LogP contribution in [0, 0.1) is 13.8 Å². The van der Waals surface area contributed by atoms with Gasteiger partial charge in [0.25, 0.3) is 0 Å². The molecule has 0 unspecified atom stereocenters. The van der Waals surface area contributed by atoms with Crippen molar-refractivity contribution in [1.29, 1.82) is 0 Å². The van der Waals surface area contributed by atoms with Crippen LogP contribution in [0.5, 0.6) is 0 Å². The minimum Gasteiger partial charge on any atom is -0.326 e. The molecule has 5 nitrogen and oxygen atoms in total. The minimum atomic E-state index is 0.485. The van der Waals surface area contributed by atoms with E-state index in [-0.39, 0.29) is 0 Å². The van der Waals surface area contributed by atoms with E-state index in [1.807, 2.05) is 31.5 Å². The van der Waals surface area contributed by atoms with Crippen molar-refractivity contribution in [3.8, 4) is 0 Å². The summed E-state index contributed by atoms with van der Waals surface area (Å²) in [6.45, 7) is 4.45. The number of rotatable bonds is 3. The fourth-order valence-corrected chi connectivity index (χ4v) is 2.68. The maximum Gasteiger partial charge on any atom is 0.195 e. The van der Waals surface area contributed by atoms with Gasteiger partial charge in [0.05, 0.1) is 0 Å². The van der Waals surface area contributed by atoms with Crippen LogP contribution >= 0.6 is 11.8 Å². The van der Waals surface area contributed by atoms with Crippen molar-refractivity contribution >= 4 is 11.8 Å². The zero-order chi connectivity index (χ0) is 12.4. The number of aryl methyl sites for hydroxylation is 3. The van der Waals surface area contributed by atoms with Gasteiger partial charge >= 0.3 is 0 Å². The van der Waals surface area contributed by atoms with Crippen LogP contribution in [0.25, 0.3) is 0 Å². The number of nitrogens with zero attached hydrogens (tertiary/aromatic N) is 4. The van der Waals surface area contributed by atoms with Crippen molar-refractivity contribution in [3.63, 3.8) is 0 Å². The second kappa shape index (κ2) is 4.85. The first-order valence-electron chi connectivity index (χ1n) is 5.31. The first kappa shape index (κ1) is 12.1. The Morgan fingerprint density at radius 3 is 2.76 bits per heavy atom. The number of aromatic nitrogens is 4. The summed E-state index contributed by atoms with van der Waals surface area (Å²) in [6, 6.07) is 2.04. The van der Waals surface area contributed by atoms with Crippen LogP contribution in [0.15, 0.2) is 22.4 Å². The Bertz CT molecular complexity index is 535. The molecular weight excluding hydrogens is 234 g/mol. The van der Waals surface area contributed by atoms with E-state index < -0.39 is 0 Å². The van der Waals surface area contributed by atoms with E-state index in [9.17, 15) is 0 Å². The molecule has 2 N–H and O–H groups in total. The van der Waals surface area contributed by atoms with Gasteiger partial charge in [-0.3, -0.25) is 4.98 Å². The molecule has 0 aliphatic heterocycles. The van der Waals surface area contributed by atoms with Crippen molar-refractivity contribution in [1.82, 2.24) is 19.7 Å². The quantitative estimate of drug-likeness (QED) is 0.891. The van der Waals surface area contributed by atoms with Gasteiger partial charge in [-0.05, 0) is 31.7 Å². The molecule has 90 valence electrons. The monoisotopic (exact) mass is 249 g/mol. The fourth-order valence-electron chi connectivity index (χ4n) is 1.62. The van der Waals surface area contributed by atoms with Crippen LogP contribution in [0.4, 0.5) is 0 Å². The summed E-state index contributed by atoms with van der Waals surface area (Å²) in [7, 11) is 1.92. The van der Waals surface area contributed by atoms with E-state index in [4.69, 9.17) is 5.73 Å². The number of pyridine rings is 1. The SMILES string of the molecule is Cc1cc(Sc2nncn2C)c(CN)c(C)n1. The summed E-state index contributed by atoms with van der Waals surface area (Å²) in [6.07, 6.45) is 1.69. The number of hydrogen-bond acceptors (Lipinski definition) is 5. The van der Waals surface area contributed by atoms with Crippen molar-refractivity contribution in [2.75, 3.05) is 0 Å². The molecule has 17 heavy (non-hydrogen) atoms. The minimum absolute atomic E-state index is 0.485. The van der Waals surface area contributed by atoms with E-state index in [2.05, 4.69) is 15.2 Å². The Balaban J connectivity index is 2.41. The molecule has 0 saturated heterocycles. The predicted octanol–water partition coefficient (Wildman–Crippen LogP) is 1.44. The van der Waals surface area contributed by atoms with Gasteiger partial charge in [-0.25, -0.2) is 0 Å². The van der Waals surface area contributed by atoms with Gasteiger partial charge in [-0.2, -0.15) is 0 Å². The second-order valence-corrected chi connectivity index (χ2v) is 4.87. The smallest absolute Gasteiger partial charge is 0.195 e. The first-order chi connectivity index (χ1) is 8.11. The van der Waals surface area contributed by atoms with Crippen LogP contribution in [-0.4, -0.2) is 19.7 Å². The van der Waals surface area contributed by atoms with Crippen molar-refractivity contribution in [3.05, 3.63) is 29.3 Å². The standard InChI is InChI=1S/C11H15N5S/c1-7-4-10(9(5-12)8(2)14-7)17-11-15-13-6-16(11)3/h4,6H,5,12H2,1-3H3. The summed E-state index contributed by atoms with van der Waals surface area (Å²) in [5.41, 5.74) is 8.82. The largest absolute Gasteiger partial charge is 0.326 e. The molecule has 0 amide bonds. The van der Waals surface area contributed by atoms with Gasteiger partial charge in [0.15, 0.2) is 5.16 Å². The molecule has 0 radical (unpaired) electrons. The molecule has 2 heterocycles. The number of nitrogens with two attached hydrogens (primary N) is 1. The van der Waals surface area contributed by atoms with E-state index >= 15 is 0 Å². The highest BCUT2D eigenvalue weighted by atomic mass is 32.2. The third-order valence-corrected chi connectivity index (χ3v) is 3.63. The maximum absolute atomic E-state index is 5.77. The lowest BCUT2D eigenvalue weighted by Gasteiger charge is -2.10. The highest BCUT2D eigenvalue weighted by Gasteiger charge is 2.11. The average molecular weight is 249 g/mol. The predicted molar refractivity (Wildman–Crippen MR) is 66.7 cm³/mol. The second-order valence-electron chi connectivity index (χ2n) is 3.86. The normalized spacial score (nSPS) is 10.8. The Labute approximate surface area is 104 Å². The zero-order valence-electron chi connectivity index (χ0n) is 10.1. The summed E-state index contributed by atoms with van der Waals surface area (Å²) >= 11 is 1.57. The molecule has 0 saturated carbocycles. The van der Waals surface area contributed by atoms with Crippen molar-refractivity contribution < 1.29 is 0 Å². The van der Waals surface area contributed by atoms with E-state index in [1.54, 1.807) is 18.1 Å². The molecule has 6 heteroatoms. The highest BCUT2D eigenvalue weighted by molar-refractivity contribution is 7.99. The molecule has 0 bridgehead atoms. The molecule has 0 aromatic carbocycles. The molecule has 0 spiro atoms. The summed E-state index contributed by atoms with van der Waals surface area (Å²) in [5, 5.41) is 8.78. The third-order valence-electron chi connectivity index (χ3n) is 2.49. The van der Waals surface area contributed by atoms with Gasteiger partial charge in [0, 0.05) is 35.4 Å². The van der Waals surface area contributed by atoms with E-state index in [1.165, 1.54) is 0 Å².